The number of fused-ring (bicyclic) bond motifs is 1. The van der Waals surface area contributed by atoms with Crippen molar-refractivity contribution in [1.82, 2.24) is 9.55 Å². The second-order valence-corrected chi connectivity index (χ2v) is 6.09. The number of anilines is 1. The Hall–Kier alpha value is -2.95. The van der Waals surface area contributed by atoms with Gasteiger partial charge in [-0.2, -0.15) is 0 Å². The number of nitrogens with one attached hydrogen (secondary N) is 1. The zero-order valence-electron chi connectivity index (χ0n) is 14.5. The zero-order valence-corrected chi connectivity index (χ0v) is 14.5. The van der Waals surface area contributed by atoms with E-state index in [1.165, 1.54) is 10.1 Å². The molecule has 0 atom stereocenters. The second-order valence-electron chi connectivity index (χ2n) is 6.09. The molecule has 0 bridgehead atoms. The third-order valence-electron chi connectivity index (χ3n) is 4.24. The number of pyridine rings is 2. The first-order valence-corrected chi connectivity index (χ1v) is 8.45. The highest BCUT2D eigenvalue weighted by molar-refractivity contribution is 6.05. The van der Waals surface area contributed by atoms with E-state index in [9.17, 15) is 9.59 Å². The monoisotopic (exact) mass is 335 g/mol. The normalized spacial score (nSPS) is 10.8. The smallest absolute Gasteiger partial charge is 0.264 e. The van der Waals surface area contributed by atoms with Crippen molar-refractivity contribution in [3.63, 3.8) is 0 Å². The lowest BCUT2D eigenvalue weighted by atomic mass is 10.1. The Kier molecular flexibility index (Phi) is 4.93. The maximum Gasteiger partial charge on any atom is 0.264 e. The van der Waals surface area contributed by atoms with Crippen LogP contribution in [0.3, 0.4) is 0 Å². The van der Waals surface area contributed by atoms with E-state index >= 15 is 0 Å². The molecule has 0 spiro atoms. The number of nitrogens with zero attached hydrogens (tertiary/aromatic N) is 2. The van der Waals surface area contributed by atoms with Gasteiger partial charge in [-0.1, -0.05) is 25.5 Å². The Bertz CT molecular complexity index is 959. The Morgan fingerprint density at radius 1 is 1.20 bits per heavy atom. The minimum absolute atomic E-state index is 0.109. The van der Waals surface area contributed by atoms with Crippen LogP contribution in [0.2, 0.25) is 0 Å². The van der Waals surface area contributed by atoms with Crippen LogP contribution in [0.5, 0.6) is 0 Å². The lowest BCUT2D eigenvalue weighted by Crippen LogP contribution is -2.28. The summed E-state index contributed by atoms with van der Waals surface area (Å²) in [6, 6.07) is 13.0. The van der Waals surface area contributed by atoms with Crippen molar-refractivity contribution in [3.8, 4) is 0 Å². The van der Waals surface area contributed by atoms with Gasteiger partial charge in [0.15, 0.2) is 0 Å². The molecule has 2 aromatic heterocycles. The van der Waals surface area contributed by atoms with Crippen LogP contribution in [0.4, 0.5) is 5.69 Å². The molecule has 3 aromatic rings. The average molecular weight is 335 g/mol. The third-order valence-corrected chi connectivity index (χ3v) is 4.24. The molecular weight excluding hydrogens is 314 g/mol. The largest absolute Gasteiger partial charge is 0.322 e. The van der Waals surface area contributed by atoms with Crippen LogP contribution in [-0.4, -0.2) is 15.5 Å². The number of amides is 1. The van der Waals surface area contributed by atoms with Crippen LogP contribution in [0.25, 0.3) is 11.0 Å². The first-order chi connectivity index (χ1) is 12.1. The van der Waals surface area contributed by atoms with Crippen molar-refractivity contribution in [2.24, 2.45) is 7.05 Å². The molecular formula is C20H21N3O2. The summed E-state index contributed by atoms with van der Waals surface area (Å²) in [5.41, 5.74) is 2.23. The number of carbonyl (C=O) groups is 1. The quantitative estimate of drug-likeness (QED) is 0.776. The molecule has 3 rings (SSSR count). The van der Waals surface area contributed by atoms with Crippen LogP contribution in [-0.2, 0) is 13.5 Å². The molecule has 0 saturated heterocycles. The summed E-state index contributed by atoms with van der Waals surface area (Å²) in [6.45, 7) is 2.16. The first-order valence-electron chi connectivity index (χ1n) is 8.45. The van der Waals surface area contributed by atoms with Crippen LogP contribution < -0.4 is 10.9 Å². The van der Waals surface area contributed by atoms with Gasteiger partial charge in [0.1, 0.15) is 11.2 Å². The Labute approximate surface area is 146 Å². The standard InChI is InChI=1S/C20H21N3O2/c1-3-4-6-14-8-10-16(11-9-14)22-19(24)17-13-15-7-5-12-21-18(15)23(2)20(17)25/h5,7-13H,3-4,6H2,1-2H3,(H,22,24). The molecule has 0 unspecified atom stereocenters. The molecule has 25 heavy (non-hydrogen) atoms. The van der Waals surface area contributed by atoms with Gasteiger partial charge in [0.05, 0.1) is 0 Å². The Balaban J connectivity index is 1.85. The molecule has 0 aliphatic carbocycles. The van der Waals surface area contributed by atoms with E-state index < -0.39 is 5.91 Å². The molecule has 5 heteroatoms. The van der Waals surface area contributed by atoms with Crippen LogP contribution in [0.15, 0.2) is 53.5 Å². The highest BCUT2D eigenvalue weighted by Crippen LogP contribution is 2.14. The molecule has 0 aliphatic heterocycles. The SMILES string of the molecule is CCCCc1ccc(NC(=O)c2cc3cccnc3n(C)c2=O)cc1. The van der Waals surface area contributed by atoms with Crippen molar-refractivity contribution in [1.29, 1.82) is 0 Å². The molecule has 0 fully saturated rings. The number of rotatable bonds is 5. The van der Waals surface area contributed by atoms with Crippen LogP contribution >= 0.6 is 0 Å². The van der Waals surface area contributed by atoms with E-state index in [1.54, 1.807) is 25.4 Å². The molecule has 1 amide bonds. The summed E-state index contributed by atoms with van der Waals surface area (Å²) in [5, 5.41) is 3.56. The predicted molar refractivity (Wildman–Crippen MR) is 100.0 cm³/mol. The maximum atomic E-state index is 12.5. The fraction of sp³-hybridized carbons (Fsp3) is 0.250. The van der Waals surface area contributed by atoms with Crippen molar-refractivity contribution >= 4 is 22.6 Å². The Morgan fingerprint density at radius 2 is 1.96 bits per heavy atom. The van der Waals surface area contributed by atoms with Gasteiger partial charge in [-0.25, -0.2) is 4.98 Å². The van der Waals surface area contributed by atoms with E-state index in [0.717, 1.165) is 24.6 Å². The molecule has 0 aliphatic rings. The number of aromatic nitrogens is 2. The second kappa shape index (κ2) is 7.30. The van der Waals surface area contributed by atoms with E-state index in [1.807, 2.05) is 30.3 Å². The van der Waals surface area contributed by atoms with Gasteiger partial charge in [-0.15, -0.1) is 0 Å². The summed E-state index contributed by atoms with van der Waals surface area (Å²) >= 11 is 0. The van der Waals surface area contributed by atoms with Crippen molar-refractivity contribution in [3.05, 3.63) is 70.1 Å². The minimum Gasteiger partial charge on any atom is -0.322 e. The zero-order chi connectivity index (χ0) is 17.8. The van der Waals surface area contributed by atoms with Gasteiger partial charge >= 0.3 is 0 Å². The molecule has 0 radical (unpaired) electrons. The topological polar surface area (TPSA) is 64.0 Å². The molecule has 2 heterocycles. The maximum absolute atomic E-state index is 12.5. The van der Waals surface area contributed by atoms with Gasteiger partial charge < -0.3 is 5.32 Å². The van der Waals surface area contributed by atoms with Gasteiger partial charge in [-0.3, -0.25) is 14.2 Å². The fourth-order valence-corrected chi connectivity index (χ4v) is 2.79. The van der Waals surface area contributed by atoms with Crippen molar-refractivity contribution in [2.45, 2.75) is 26.2 Å². The molecule has 5 nitrogen and oxygen atoms in total. The van der Waals surface area contributed by atoms with Crippen molar-refractivity contribution in [2.75, 3.05) is 5.32 Å². The number of benzene rings is 1. The molecule has 128 valence electrons. The van der Waals surface area contributed by atoms with Gasteiger partial charge in [-0.05, 0) is 48.7 Å². The number of carbonyl (C=O) groups excluding carboxylic acids is 1. The highest BCUT2D eigenvalue weighted by atomic mass is 16.2. The van der Waals surface area contributed by atoms with E-state index in [-0.39, 0.29) is 11.1 Å². The summed E-state index contributed by atoms with van der Waals surface area (Å²) in [7, 11) is 1.62. The third kappa shape index (κ3) is 3.60. The van der Waals surface area contributed by atoms with Crippen molar-refractivity contribution < 1.29 is 4.79 Å². The lowest BCUT2D eigenvalue weighted by molar-refractivity contribution is 0.102. The van der Waals surface area contributed by atoms with Crippen LogP contribution in [0.1, 0.15) is 35.7 Å². The summed E-state index contributed by atoms with van der Waals surface area (Å²) in [4.78, 5) is 29.2. The number of hydrogen-bond donors (Lipinski definition) is 1. The lowest BCUT2D eigenvalue weighted by Gasteiger charge is -2.09. The molecule has 1 aromatic carbocycles. The summed E-state index contributed by atoms with van der Waals surface area (Å²) in [6.07, 6.45) is 4.95. The molecule has 0 saturated carbocycles. The van der Waals surface area contributed by atoms with Gasteiger partial charge in [0, 0.05) is 24.3 Å². The number of aryl methyl sites for hydroxylation is 2. The predicted octanol–water partition coefficient (Wildman–Crippen LogP) is 3.53. The van der Waals surface area contributed by atoms with E-state index in [0.29, 0.717) is 11.3 Å². The highest BCUT2D eigenvalue weighted by Gasteiger charge is 2.14. The summed E-state index contributed by atoms with van der Waals surface area (Å²) in [5.74, 6) is -0.410. The average Bonchev–Trinajstić information content (AvgIpc) is 2.64. The number of unbranched alkanes of at least 4 members (excludes halogenated alkanes) is 1. The van der Waals surface area contributed by atoms with Crippen LogP contribution in [0, 0.1) is 0 Å². The fourth-order valence-electron chi connectivity index (χ4n) is 2.79. The van der Waals surface area contributed by atoms with Gasteiger partial charge in [0.25, 0.3) is 11.5 Å². The molecule has 1 N–H and O–H groups in total. The van der Waals surface area contributed by atoms with E-state index in [4.69, 9.17) is 0 Å². The number of hydrogen-bond acceptors (Lipinski definition) is 3. The van der Waals surface area contributed by atoms with E-state index in [2.05, 4.69) is 17.2 Å². The summed E-state index contributed by atoms with van der Waals surface area (Å²) < 4.78 is 1.40. The minimum atomic E-state index is -0.410. The Morgan fingerprint density at radius 3 is 2.68 bits per heavy atom. The van der Waals surface area contributed by atoms with Gasteiger partial charge in [0.2, 0.25) is 0 Å². The first kappa shape index (κ1) is 16.9.